The Morgan fingerprint density at radius 3 is 2.25 bits per heavy atom. The number of fused-ring (bicyclic) bond motifs is 1. The molecule has 0 heterocycles. The molecule has 2 aliphatic carbocycles. The van der Waals surface area contributed by atoms with E-state index in [9.17, 15) is 10.2 Å². The Hall–Kier alpha value is 0.650. The van der Waals surface area contributed by atoms with Gasteiger partial charge in [0.25, 0.3) is 0 Å². The molecule has 0 amide bonds. The van der Waals surface area contributed by atoms with E-state index in [0.29, 0.717) is 3.92 Å². The molecule has 0 spiro atoms. The highest BCUT2D eigenvalue weighted by atomic mass is 127. The van der Waals surface area contributed by atoms with Gasteiger partial charge in [0.15, 0.2) is 0 Å². The van der Waals surface area contributed by atoms with Crippen LogP contribution in [-0.2, 0) is 0 Å². The predicted octanol–water partition coefficient (Wildman–Crippen LogP) is 1.33. The second kappa shape index (κ2) is 2.36. The normalized spacial score (nSPS) is 64.2. The zero-order chi connectivity index (χ0) is 9.15. The van der Waals surface area contributed by atoms with Crippen molar-refractivity contribution in [2.75, 3.05) is 0 Å². The molecule has 0 aromatic carbocycles. The average molecular weight is 282 g/mol. The van der Waals surface area contributed by atoms with Crippen LogP contribution in [0.25, 0.3) is 0 Å². The van der Waals surface area contributed by atoms with Crippen molar-refractivity contribution >= 4 is 22.6 Å². The number of halogens is 1. The molecule has 0 bridgehead atoms. The maximum atomic E-state index is 10.1. The second-order valence-corrected chi connectivity index (χ2v) is 6.30. The monoisotopic (exact) mass is 282 g/mol. The first-order chi connectivity index (χ1) is 5.38. The lowest BCUT2D eigenvalue weighted by Crippen LogP contribution is -2.55. The van der Waals surface area contributed by atoms with Gasteiger partial charge >= 0.3 is 0 Å². The molecule has 0 aliphatic heterocycles. The molecule has 5 atom stereocenters. The van der Waals surface area contributed by atoms with Gasteiger partial charge < -0.3 is 10.2 Å². The Balaban J connectivity index is 2.29. The van der Waals surface area contributed by atoms with Crippen molar-refractivity contribution in [3.63, 3.8) is 0 Å². The van der Waals surface area contributed by atoms with E-state index in [1.165, 1.54) is 0 Å². The molecule has 2 fully saturated rings. The second-order valence-electron chi connectivity index (χ2n) is 4.80. The van der Waals surface area contributed by atoms with E-state index >= 15 is 0 Å². The van der Waals surface area contributed by atoms with Gasteiger partial charge in [-0.3, -0.25) is 0 Å². The summed E-state index contributed by atoms with van der Waals surface area (Å²) in [4.78, 5) is 0. The van der Waals surface area contributed by atoms with E-state index in [-0.39, 0.29) is 17.4 Å². The molecule has 0 radical (unpaired) electrons. The molecule has 12 heavy (non-hydrogen) atoms. The van der Waals surface area contributed by atoms with Crippen molar-refractivity contribution in [2.45, 2.75) is 42.3 Å². The molecule has 3 heteroatoms. The molecule has 0 aromatic heterocycles. The third kappa shape index (κ3) is 0.930. The summed E-state index contributed by atoms with van der Waals surface area (Å²) in [6, 6.07) is 0. The lowest BCUT2D eigenvalue weighted by molar-refractivity contribution is -0.148. The van der Waals surface area contributed by atoms with Crippen molar-refractivity contribution in [3.05, 3.63) is 0 Å². The van der Waals surface area contributed by atoms with E-state index < -0.39 is 5.60 Å². The van der Waals surface area contributed by atoms with Crippen LogP contribution in [-0.4, -0.2) is 25.8 Å². The molecule has 2 N–H and O–H groups in total. The van der Waals surface area contributed by atoms with Crippen LogP contribution in [0.1, 0.15) is 26.7 Å². The van der Waals surface area contributed by atoms with E-state index in [4.69, 9.17) is 0 Å². The molecule has 2 rings (SSSR count). The number of hydrogen-bond donors (Lipinski definition) is 2. The fourth-order valence-corrected chi connectivity index (χ4v) is 4.54. The van der Waals surface area contributed by atoms with Crippen LogP contribution >= 0.6 is 22.6 Å². The van der Waals surface area contributed by atoms with Crippen molar-refractivity contribution in [2.24, 2.45) is 11.3 Å². The van der Waals surface area contributed by atoms with Gasteiger partial charge in [0.05, 0.1) is 11.7 Å². The molecular weight excluding hydrogens is 267 g/mol. The Morgan fingerprint density at radius 1 is 1.33 bits per heavy atom. The molecule has 0 saturated heterocycles. The lowest BCUT2D eigenvalue weighted by Gasteiger charge is -2.50. The predicted molar refractivity (Wildman–Crippen MR) is 55.3 cm³/mol. The Kier molecular flexibility index (Phi) is 1.81. The third-order valence-corrected chi connectivity index (χ3v) is 5.42. The number of aliphatic hydroxyl groups is 2. The van der Waals surface area contributed by atoms with E-state index in [1.807, 2.05) is 6.92 Å². The Morgan fingerprint density at radius 2 is 1.92 bits per heavy atom. The summed E-state index contributed by atoms with van der Waals surface area (Å²) in [5, 5.41) is 19.7. The van der Waals surface area contributed by atoms with Crippen LogP contribution in [0.3, 0.4) is 0 Å². The molecule has 2 aliphatic rings. The standard InChI is InChI=1S/C9H15IO2/c1-8-3-5(11)7(8)9(2,12)6(10)4-8/h5-7,11-12H,3-4H2,1-2H3/t5-,6-,7-,8-,9+/m1/s1. The maximum Gasteiger partial charge on any atom is 0.0794 e. The largest absolute Gasteiger partial charge is 0.393 e. The SMILES string of the molecule is C[C@]12C[C@@H](O)[C@H]1[C@@](C)(O)[C@H](I)C2. The Labute approximate surface area is 86.5 Å². The number of rotatable bonds is 0. The fraction of sp³-hybridized carbons (Fsp3) is 1.00. The van der Waals surface area contributed by atoms with Crippen LogP contribution in [0.4, 0.5) is 0 Å². The summed E-state index contributed by atoms with van der Waals surface area (Å²) in [7, 11) is 0. The van der Waals surface area contributed by atoms with Crippen molar-refractivity contribution in [1.82, 2.24) is 0 Å². The van der Waals surface area contributed by atoms with Gasteiger partial charge in [0, 0.05) is 9.84 Å². The fourth-order valence-electron chi connectivity index (χ4n) is 3.14. The minimum atomic E-state index is -0.660. The van der Waals surface area contributed by atoms with E-state index in [2.05, 4.69) is 29.5 Å². The first-order valence-electron chi connectivity index (χ1n) is 4.42. The maximum absolute atomic E-state index is 10.1. The summed E-state index contributed by atoms with van der Waals surface area (Å²) in [5.41, 5.74) is -0.457. The highest BCUT2D eigenvalue weighted by Gasteiger charge is 2.65. The van der Waals surface area contributed by atoms with Gasteiger partial charge in [0.2, 0.25) is 0 Å². The number of alkyl halides is 1. The van der Waals surface area contributed by atoms with E-state index in [0.717, 1.165) is 12.8 Å². The summed E-state index contributed by atoms with van der Waals surface area (Å²) in [5.74, 6) is 0.104. The van der Waals surface area contributed by atoms with Crippen molar-refractivity contribution in [3.8, 4) is 0 Å². The number of aliphatic hydroxyl groups excluding tert-OH is 1. The van der Waals surface area contributed by atoms with Crippen molar-refractivity contribution in [1.29, 1.82) is 0 Å². The van der Waals surface area contributed by atoms with Gasteiger partial charge in [-0.05, 0) is 25.2 Å². The van der Waals surface area contributed by atoms with Gasteiger partial charge in [-0.1, -0.05) is 29.5 Å². The van der Waals surface area contributed by atoms with Gasteiger partial charge in [0.1, 0.15) is 0 Å². The topological polar surface area (TPSA) is 40.5 Å². The van der Waals surface area contributed by atoms with E-state index in [1.54, 1.807) is 0 Å². The van der Waals surface area contributed by atoms with Crippen LogP contribution in [0.5, 0.6) is 0 Å². The van der Waals surface area contributed by atoms with Crippen LogP contribution < -0.4 is 0 Å². The van der Waals surface area contributed by atoms with Crippen LogP contribution in [0.15, 0.2) is 0 Å². The summed E-state index contributed by atoms with van der Waals surface area (Å²) < 4.78 is 0.294. The lowest BCUT2D eigenvalue weighted by atomic mass is 9.58. The highest BCUT2D eigenvalue weighted by molar-refractivity contribution is 14.1. The first kappa shape index (κ1) is 9.21. The summed E-state index contributed by atoms with van der Waals surface area (Å²) >= 11 is 2.30. The Bertz CT molecular complexity index is 217. The molecule has 0 unspecified atom stereocenters. The smallest absolute Gasteiger partial charge is 0.0794 e. The average Bonchev–Trinajstić information content (AvgIpc) is 1.95. The quantitative estimate of drug-likeness (QED) is 0.520. The molecule has 70 valence electrons. The molecule has 2 saturated carbocycles. The minimum absolute atomic E-state index is 0.104. The summed E-state index contributed by atoms with van der Waals surface area (Å²) in [6.45, 7) is 4.04. The molecular formula is C9H15IO2. The van der Waals surface area contributed by atoms with Gasteiger partial charge in [-0.2, -0.15) is 0 Å². The number of hydrogen-bond acceptors (Lipinski definition) is 2. The minimum Gasteiger partial charge on any atom is -0.393 e. The highest BCUT2D eigenvalue weighted by Crippen LogP contribution is 2.62. The van der Waals surface area contributed by atoms with Crippen LogP contribution in [0.2, 0.25) is 0 Å². The van der Waals surface area contributed by atoms with Crippen molar-refractivity contribution < 1.29 is 10.2 Å². The molecule has 0 aromatic rings. The molecule has 2 nitrogen and oxygen atoms in total. The summed E-state index contributed by atoms with van der Waals surface area (Å²) in [6.07, 6.45) is 1.64. The first-order valence-corrected chi connectivity index (χ1v) is 5.67. The van der Waals surface area contributed by atoms with Gasteiger partial charge in [-0.25, -0.2) is 0 Å². The van der Waals surface area contributed by atoms with Crippen LogP contribution in [0, 0.1) is 11.3 Å². The zero-order valence-corrected chi connectivity index (χ0v) is 9.58. The third-order valence-electron chi connectivity index (χ3n) is 3.72. The van der Waals surface area contributed by atoms with Gasteiger partial charge in [-0.15, -0.1) is 0 Å². The zero-order valence-electron chi connectivity index (χ0n) is 7.42.